The summed E-state index contributed by atoms with van der Waals surface area (Å²) in [6.07, 6.45) is 1.94. The lowest BCUT2D eigenvalue weighted by Crippen LogP contribution is -2.07. The van der Waals surface area contributed by atoms with E-state index in [1.165, 1.54) is 0 Å². The normalized spacial score (nSPS) is 10.8. The van der Waals surface area contributed by atoms with E-state index in [4.69, 9.17) is 39.5 Å². The fraction of sp³-hybridized carbons (Fsp3) is 0.308. The lowest BCUT2D eigenvalue weighted by molar-refractivity contribution is 0.188. The first-order chi connectivity index (χ1) is 9.51. The standard InChI is InChI=1S/C13H14Cl3N3O/c1-8-7-19(3-4-20-2)13(17-8)18-12-6-10(15)9(14)5-11(12)16/h5-7H,3-4H2,1-2H3,(H,17,18). The number of anilines is 2. The number of ether oxygens (including phenoxy) is 1. The van der Waals surface area contributed by atoms with E-state index in [0.29, 0.717) is 39.9 Å². The number of nitrogens with zero attached hydrogens (tertiary/aromatic N) is 2. The molecule has 4 nitrogen and oxygen atoms in total. The van der Waals surface area contributed by atoms with Crippen molar-refractivity contribution in [3.05, 3.63) is 39.1 Å². The number of imidazole rings is 1. The molecule has 1 N–H and O–H groups in total. The van der Waals surface area contributed by atoms with Crippen LogP contribution in [0.5, 0.6) is 0 Å². The highest BCUT2D eigenvalue weighted by Crippen LogP contribution is 2.33. The Morgan fingerprint density at radius 3 is 2.60 bits per heavy atom. The van der Waals surface area contributed by atoms with Gasteiger partial charge >= 0.3 is 0 Å². The van der Waals surface area contributed by atoms with E-state index in [-0.39, 0.29) is 0 Å². The van der Waals surface area contributed by atoms with Crippen LogP contribution < -0.4 is 5.32 Å². The van der Waals surface area contributed by atoms with E-state index in [2.05, 4.69) is 10.3 Å². The molecule has 0 aliphatic carbocycles. The Morgan fingerprint density at radius 1 is 1.20 bits per heavy atom. The first kappa shape index (κ1) is 15.4. The largest absolute Gasteiger partial charge is 0.383 e. The molecule has 1 heterocycles. The molecule has 0 bridgehead atoms. The van der Waals surface area contributed by atoms with Gasteiger partial charge in [0.15, 0.2) is 0 Å². The molecule has 0 spiro atoms. The molecule has 0 unspecified atom stereocenters. The van der Waals surface area contributed by atoms with Gasteiger partial charge in [-0.3, -0.25) is 0 Å². The number of aryl methyl sites for hydroxylation is 1. The number of aromatic nitrogens is 2. The van der Waals surface area contributed by atoms with Gasteiger partial charge in [0.05, 0.1) is 33.1 Å². The van der Waals surface area contributed by atoms with E-state index in [0.717, 1.165) is 5.69 Å². The van der Waals surface area contributed by atoms with Crippen molar-refractivity contribution in [2.45, 2.75) is 13.5 Å². The maximum Gasteiger partial charge on any atom is 0.207 e. The van der Waals surface area contributed by atoms with Crippen molar-refractivity contribution >= 4 is 46.4 Å². The topological polar surface area (TPSA) is 39.1 Å². The van der Waals surface area contributed by atoms with Crippen LogP contribution in [-0.2, 0) is 11.3 Å². The second-order valence-electron chi connectivity index (χ2n) is 4.26. The summed E-state index contributed by atoms with van der Waals surface area (Å²) in [4.78, 5) is 4.41. The summed E-state index contributed by atoms with van der Waals surface area (Å²) < 4.78 is 7.03. The van der Waals surface area contributed by atoms with Crippen molar-refractivity contribution in [3.63, 3.8) is 0 Å². The number of methoxy groups -OCH3 is 1. The molecule has 108 valence electrons. The average molecular weight is 335 g/mol. The van der Waals surface area contributed by atoms with Gasteiger partial charge < -0.3 is 14.6 Å². The molecule has 0 aliphatic rings. The van der Waals surface area contributed by atoms with Gasteiger partial charge in [-0.25, -0.2) is 4.98 Å². The number of rotatable bonds is 5. The van der Waals surface area contributed by atoms with Crippen LogP contribution in [0, 0.1) is 6.92 Å². The average Bonchev–Trinajstić information content (AvgIpc) is 2.73. The van der Waals surface area contributed by atoms with Crippen LogP contribution in [0.2, 0.25) is 15.1 Å². The van der Waals surface area contributed by atoms with Crippen molar-refractivity contribution in [1.29, 1.82) is 0 Å². The van der Waals surface area contributed by atoms with Gasteiger partial charge in [-0.2, -0.15) is 0 Å². The summed E-state index contributed by atoms with van der Waals surface area (Å²) in [7, 11) is 1.66. The number of hydrogen-bond donors (Lipinski definition) is 1. The van der Waals surface area contributed by atoms with Crippen molar-refractivity contribution in [1.82, 2.24) is 9.55 Å². The Kier molecular flexibility index (Phi) is 5.16. The monoisotopic (exact) mass is 333 g/mol. The number of halogens is 3. The number of benzene rings is 1. The maximum atomic E-state index is 6.15. The summed E-state index contributed by atoms with van der Waals surface area (Å²) in [5.41, 5.74) is 1.56. The second-order valence-corrected chi connectivity index (χ2v) is 5.48. The highest BCUT2D eigenvalue weighted by Gasteiger charge is 2.10. The minimum atomic E-state index is 0.418. The van der Waals surface area contributed by atoms with Crippen LogP contribution in [0.4, 0.5) is 11.6 Å². The SMILES string of the molecule is COCCn1cc(C)nc1Nc1cc(Cl)c(Cl)cc1Cl. The van der Waals surface area contributed by atoms with E-state index in [1.54, 1.807) is 19.2 Å². The van der Waals surface area contributed by atoms with E-state index in [1.807, 2.05) is 17.7 Å². The molecule has 0 aliphatic heterocycles. The molecule has 2 rings (SSSR count). The van der Waals surface area contributed by atoms with Gasteiger partial charge in [0.25, 0.3) is 0 Å². The van der Waals surface area contributed by atoms with Crippen LogP contribution in [0.15, 0.2) is 18.3 Å². The lowest BCUT2D eigenvalue weighted by Gasteiger charge is -2.11. The third-order valence-electron chi connectivity index (χ3n) is 2.69. The molecule has 0 fully saturated rings. The van der Waals surface area contributed by atoms with Crippen LogP contribution in [0.25, 0.3) is 0 Å². The Bertz CT molecular complexity index is 613. The minimum Gasteiger partial charge on any atom is -0.383 e. The summed E-state index contributed by atoms with van der Waals surface area (Å²) in [6.45, 7) is 3.21. The molecule has 0 radical (unpaired) electrons. The highest BCUT2D eigenvalue weighted by atomic mass is 35.5. The fourth-order valence-corrected chi connectivity index (χ4v) is 2.34. The van der Waals surface area contributed by atoms with Crippen LogP contribution in [-0.4, -0.2) is 23.3 Å². The first-order valence-electron chi connectivity index (χ1n) is 5.95. The van der Waals surface area contributed by atoms with Crippen molar-refractivity contribution in [2.75, 3.05) is 19.0 Å². The lowest BCUT2D eigenvalue weighted by atomic mass is 10.3. The Hall–Kier alpha value is -0.940. The van der Waals surface area contributed by atoms with Gasteiger partial charge in [-0.1, -0.05) is 34.8 Å². The minimum absolute atomic E-state index is 0.418. The Balaban J connectivity index is 2.27. The first-order valence-corrected chi connectivity index (χ1v) is 7.09. The van der Waals surface area contributed by atoms with E-state index in [9.17, 15) is 0 Å². The van der Waals surface area contributed by atoms with Gasteiger partial charge in [-0.15, -0.1) is 0 Å². The van der Waals surface area contributed by atoms with Gasteiger partial charge in [0, 0.05) is 19.9 Å². The van der Waals surface area contributed by atoms with Crippen LogP contribution in [0.1, 0.15) is 5.69 Å². The highest BCUT2D eigenvalue weighted by molar-refractivity contribution is 6.44. The predicted octanol–water partition coefficient (Wildman–Crippen LogP) is 4.54. The zero-order valence-corrected chi connectivity index (χ0v) is 13.4. The summed E-state index contributed by atoms with van der Waals surface area (Å²) >= 11 is 18.1. The zero-order valence-electron chi connectivity index (χ0n) is 11.1. The molecule has 20 heavy (non-hydrogen) atoms. The predicted molar refractivity (Wildman–Crippen MR) is 83.6 cm³/mol. The smallest absolute Gasteiger partial charge is 0.207 e. The Morgan fingerprint density at radius 2 is 1.90 bits per heavy atom. The summed E-state index contributed by atoms with van der Waals surface area (Å²) in [6, 6.07) is 3.28. The van der Waals surface area contributed by atoms with Gasteiger partial charge in [0.2, 0.25) is 5.95 Å². The van der Waals surface area contributed by atoms with Gasteiger partial charge in [0.1, 0.15) is 0 Å². The second kappa shape index (κ2) is 6.68. The molecule has 1 aromatic heterocycles. The zero-order chi connectivity index (χ0) is 14.7. The molecule has 0 atom stereocenters. The molecule has 2 aromatic rings. The van der Waals surface area contributed by atoms with E-state index >= 15 is 0 Å². The number of hydrogen-bond acceptors (Lipinski definition) is 3. The molecule has 1 aromatic carbocycles. The van der Waals surface area contributed by atoms with Gasteiger partial charge in [-0.05, 0) is 19.1 Å². The summed E-state index contributed by atoms with van der Waals surface area (Å²) in [5, 5.41) is 4.50. The molecule has 7 heteroatoms. The molecule has 0 saturated heterocycles. The van der Waals surface area contributed by atoms with E-state index < -0.39 is 0 Å². The van der Waals surface area contributed by atoms with Crippen LogP contribution >= 0.6 is 34.8 Å². The molecular formula is C13H14Cl3N3O. The van der Waals surface area contributed by atoms with Crippen LogP contribution in [0.3, 0.4) is 0 Å². The molecule has 0 saturated carbocycles. The number of nitrogens with one attached hydrogen (secondary N) is 1. The fourth-order valence-electron chi connectivity index (χ4n) is 1.75. The maximum absolute atomic E-state index is 6.15. The summed E-state index contributed by atoms with van der Waals surface area (Å²) in [5.74, 6) is 0.680. The molecule has 0 amide bonds. The van der Waals surface area contributed by atoms with Crippen molar-refractivity contribution in [2.24, 2.45) is 0 Å². The Labute approximate surface area is 132 Å². The quantitative estimate of drug-likeness (QED) is 0.816. The van der Waals surface area contributed by atoms with Crippen molar-refractivity contribution < 1.29 is 4.74 Å². The third-order valence-corrected chi connectivity index (χ3v) is 3.72. The molecular weight excluding hydrogens is 321 g/mol. The van der Waals surface area contributed by atoms with Crippen molar-refractivity contribution in [3.8, 4) is 0 Å². The third kappa shape index (κ3) is 3.58.